The van der Waals surface area contributed by atoms with Crippen molar-refractivity contribution < 1.29 is 14.7 Å². The topological polar surface area (TPSA) is 122 Å². The van der Waals surface area contributed by atoms with Crippen molar-refractivity contribution >= 4 is 17.7 Å². The van der Waals surface area contributed by atoms with Gasteiger partial charge in [0.25, 0.3) is 0 Å². The first-order chi connectivity index (χ1) is 12.0. The predicted octanol–water partition coefficient (Wildman–Crippen LogP) is 1.83. The summed E-state index contributed by atoms with van der Waals surface area (Å²) in [6.45, 7) is 4.07. The first-order valence-electron chi connectivity index (χ1n) is 8.12. The van der Waals surface area contributed by atoms with E-state index in [0.29, 0.717) is 17.4 Å². The normalized spacial score (nSPS) is 18.6. The van der Waals surface area contributed by atoms with E-state index in [9.17, 15) is 9.59 Å². The number of tetrazole rings is 1. The van der Waals surface area contributed by atoms with Crippen LogP contribution < -0.4 is 10.6 Å². The van der Waals surface area contributed by atoms with Crippen LogP contribution >= 0.6 is 0 Å². The molecule has 1 fully saturated rings. The zero-order chi connectivity index (χ0) is 18.0. The van der Waals surface area contributed by atoms with Gasteiger partial charge in [0.15, 0.2) is 5.82 Å². The Labute approximate surface area is 144 Å². The largest absolute Gasteiger partial charge is 0.481 e. The van der Waals surface area contributed by atoms with Gasteiger partial charge in [-0.1, -0.05) is 19.1 Å². The second kappa shape index (κ2) is 6.88. The Balaban J connectivity index is 1.82. The maximum Gasteiger partial charge on any atom is 0.319 e. The molecule has 3 rings (SSSR count). The zero-order valence-electron chi connectivity index (χ0n) is 14.1. The van der Waals surface area contributed by atoms with E-state index in [4.69, 9.17) is 5.11 Å². The number of hydrogen-bond donors (Lipinski definition) is 3. The Morgan fingerprint density at radius 2 is 2.16 bits per heavy atom. The smallest absolute Gasteiger partial charge is 0.319 e. The van der Waals surface area contributed by atoms with E-state index in [2.05, 4.69) is 33.1 Å². The van der Waals surface area contributed by atoms with Crippen LogP contribution in [0.1, 0.15) is 31.4 Å². The summed E-state index contributed by atoms with van der Waals surface area (Å²) in [7, 11) is 0. The van der Waals surface area contributed by atoms with Crippen molar-refractivity contribution in [2.75, 3.05) is 11.9 Å². The second-order valence-corrected chi connectivity index (χ2v) is 6.25. The number of carbonyl (C=O) groups excluding carboxylic acids is 1. The molecular weight excluding hydrogens is 324 g/mol. The summed E-state index contributed by atoms with van der Waals surface area (Å²) in [6.07, 6.45) is 0.897. The van der Waals surface area contributed by atoms with E-state index >= 15 is 0 Å². The van der Waals surface area contributed by atoms with Crippen LogP contribution in [0.3, 0.4) is 0 Å². The van der Waals surface area contributed by atoms with Gasteiger partial charge < -0.3 is 15.7 Å². The molecule has 0 unspecified atom stereocenters. The summed E-state index contributed by atoms with van der Waals surface area (Å²) in [6, 6.07) is 5.44. The number of aromatic nitrogens is 4. The van der Waals surface area contributed by atoms with Gasteiger partial charge in [-0.2, -0.15) is 0 Å². The third-order valence-electron chi connectivity index (χ3n) is 4.25. The van der Waals surface area contributed by atoms with Gasteiger partial charge >= 0.3 is 12.0 Å². The Morgan fingerprint density at radius 3 is 2.84 bits per heavy atom. The third kappa shape index (κ3) is 3.76. The lowest BCUT2D eigenvalue weighted by Gasteiger charge is -2.14. The highest BCUT2D eigenvalue weighted by molar-refractivity contribution is 5.95. The zero-order valence-corrected chi connectivity index (χ0v) is 14.1. The summed E-state index contributed by atoms with van der Waals surface area (Å²) < 4.78 is 1.80. The number of amides is 2. The van der Waals surface area contributed by atoms with Crippen LogP contribution in [-0.2, 0) is 4.79 Å². The second-order valence-electron chi connectivity index (χ2n) is 6.25. The van der Waals surface area contributed by atoms with Gasteiger partial charge in [-0.25, -0.2) is 9.48 Å². The van der Waals surface area contributed by atoms with Crippen molar-refractivity contribution in [3.05, 3.63) is 23.8 Å². The van der Waals surface area contributed by atoms with Gasteiger partial charge in [-0.3, -0.25) is 4.79 Å². The first kappa shape index (κ1) is 16.9. The number of carboxylic acid groups (broad SMARTS) is 1. The average Bonchev–Trinajstić information content (AvgIpc) is 3.08. The number of carbonyl (C=O) groups is 2. The molecule has 0 bridgehead atoms. The number of para-hydroxylation sites is 1. The van der Waals surface area contributed by atoms with Gasteiger partial charge in [0.2, 0.25) is 0 Å². The van der Waals surface area contributed by atoms with E-state index in [0.717, 1.165) is 17.5 Å². The third-order valence-corrected chi connectivity index (χ3v) is 4.25. The van der Waals surface area contributed by atoms with Crippen LogP contribution in [0.4, 0.5) is 10.5 Å². The predicted molar refractivity (Wildman–Crippen MR) is 90.1 cm³/mol. The number of nitrogens with one attached hydrogen (secondary N) is 2. The van der Waals surface area contributed by atoms with Crippen LogP contribution in [0.2, 0.25) is 0 Å². The summed E-state index contributed by atoms with van der Waals surface area (Å²) in [5.74, 6) is 0.177. The standard InChI is InChI=1S/C16H20N6O3/c1-9-4-3-5-11(14(9)18-16(25)17-7-6-13(23)24)15-19-20-21-22(15)12-8-10(12)2/h3-5,10,12H,6-8H2,1-2H3,(H,23,24)(H2,17,18,25)/t10-,12-/m1/s1. The number of aryl methyl sites for hydroxylation is 1. The van der Waals surface area contributed by atoms with Crippen LogP contribution in [-0.4, -0.2) is 43.9 Å². The number of aliphatic carboxylic acids is 1. The lowest BCUT2D eigenvalue weighted by atomic mass is 10.1. The van der Waals surface area contributed by atoms with Crippen LogP contribution in [0, 0.1) is 12.8 Å². The molecule has 1 aromatic carbocycles. The molecule has 1 aliphatic carbocycles. The SMILES string of the molecule is Cc1cccc(-c2nnnn2[C@@H]2C[C@H]2C)c1NC(=O)NCCC(=O)O. The van der Waals surface area contributed by atoms with E-state index in [1.54, 1.807) is 4.68 Å². The average molecular weight is 344 g/mol. The van der Waals surface area contributed by atoms with Crippen molar-refractivity contribution in [3.63, 3.8) is 0 Å². The number of carboxylic acids is 1. The monoisotopic (exact) mass is 344 g/mol. The molecule has 1 heterocycles. The highest BCUT2D eigenvalue weighted by Crippen LogP contribution is 2.44. The van der Waals surface area contributed by atoms with Crippen molar-refractivity contribution in [2.45, 2.75) is 32.7 Å². The molecule has 0 radical (unpaired) electrons. The molecule has 2 atom stereocenters. The molecule has 9 nitrogen and oxygen atoms in total. The van der Waals surface area contributed by atoms with E-state index in [1.165, 1.54) is 0 Å². The lowest BCUT2D eigenvalue weighted by Crippen LogP contribution is -2.31. The molecule has 1 aromatic heterocycles. The van der Waals surface area contributed by atoms with Crippen molar-refractivity contribution in [1.82, 2.24) is 25.5 Å². The molecular formula is C16H20N6O3. The Bertz CT molecular complexity index is 803. The van der Waals surface area contributed by atoms with Crippen LogP contribution in [0.25, 0.3) is 11.4 Å². The van der Waals surface area contributed by atoms with Gasteiger partial charge in [0.05, 0.1) is 18.2 Å². The Hall–Kier alpha value is -2.97. The van der Waals surface area contributed by atoms with Crippen LogP contribution in [0.15, 0.2) is 18.2 Å². The first-order valence-corrected chi connectivity index (χ1v) is 8.12. The van der Waals surface area contributed by atoms with Crippen LogP contribution in [0.5, 0.6) is 0 Å². The van der Waals surface area contributed by atoms with E-state index in [1.807, 2.05) is 25.1 Å². The summed E-state index contributed by atoms with van der Waals surface area (Å²) in [5.41, 5.74) is 2.21. The minimum Gasteiger partial charge on any atom is -0.481 e. The van der Waals surface area contributed by atoms with Crippen molar-refractivity contribution in [3.8, 4) is 11.4 Å². The van der Waals surface area contributed by atoms with Crippen molar-refractivity contribution in [2.24, 2.45) is 5.92 Å². The number of hydrogen-bond acceptors (Lipinski definition) is 5. The van der Waals surface area contributed by atoms with Crippen molar-refractivity contribution in [1.29, 1.82) is 0 Å². The highest BCUT2D eigenvalue weighted by Gasteiger charge is 2.37. The van der Waals surface area contributed by atoms with Gasteiger partial charge in [-0.05, 0) is 41.3 Å². The molecule has 3 N–H and O–H groups in total. The number of urea groups is 1. The number of rotatable bonds is 6. The molecule has 0 spiro atoms. The summed E-state index contributed by atoms with van der Waals surface area (Å²) in [4.78, 5) is 22.6. The fourth-order valence-electron chi connectivity index (χ4n) is 2.70. The Morgan fingerprint density at radius 1 is 1.40 bits per heavy atom. The molecule has 25 heavy (non-hydrogen) atoms. The van der Waals surface area contributed by atoms with Gasteiger partial charge in [0, 0.05) is 12.1 Å². The quantitative estimate of drug-likeness (QED) is 0.735. The summed E-state index contributed by atoms with van der Waals surface area (Å²) >= 11 is 0. The molecule has 1 saturated carbocycles. The maximum absolute atomic E-state index is 12.1. The minimum absolute atomic E-state index is 0.0553. The molecule has 132 valence electrons. The van der Waals surface area contributed by atoms with Gasteiger partial charge in [-0.15, -0.1) is 5.10 Å². The number of nitrogens with zero attached hydrogens (tertiary/aromatic N) is 4. The molecule has 9 heteroatoms. The minimum atomic E-state index is -0.963. The molecule has 2 aromatic rings. The Kier molecular flexibility index (Phi) is 4.64. The van der Waals surface area contributed by atoms with E-state index < -0.39 is 12.0 Å². The highest BCUT2D eigenvalue weighted by atomic mass is 16.4. The van der Waals surface area contributed by atoms with E-state index in [-0.39, 0.29) is 19.0 Å². The molecule has 1 aliphatic rings. The fraction of sp³-hybridized carbons (Fsp3) is 0.438. The molecule has 0 saturated heterocycles. The number of anilines is 1. The van der Waals surface area contributed by atoms with Gasteiger partial charge in [0.1, 0.15) is 0 Å². The fourth-order valence-corrected chi connectivity index (χ4v) is 2.70. The molecule has 2 amide bonds. The number of benzene rings is 1. The maximum atomic E-state index is 12.1. The molecule has 0 aliphatic heterocycles. The summed E-state index contributed by atoms with van der Waals surface area (Å²) in [5, 5.41) is 26.0. The lowest BCUT2D eigenvalue weighted by molar-refractivity contribution is -0.136.